The summed E-state index contributed by atoms with van der Waals surface area (Å²) < 4.78 is 11.3. The van der Waals surface area contributed by atoms with Gasteiger partial charge in [-0.2, -0.15) is 0 Å². The van der Waals surface area contributed by atoms with Crippen LogP contribution in [-0.2, 0) is 9.47 Å². The predicted octanol–water partition coefficient (Wildman–Crippen LogP) is 0.454. The summed E-state index contributed by atoms with van der Waals surface area (Å²) in [7, 11) is 0. The average molecular weight is 215 g/mol. The van der Waals surface area contributed by atoms with Crippen LogP contribution in [0.5, 0.6) is 0 Å². The Balaban J connectivity index is 1.76. The predicted molar refractivity (Wildman–Crippen MR) is 56.6 cm³/mol. The first-order valence-corrected chi connectivity index (χ1v) is 5.85. The molecule has 2 heterocycles. The van der Waals surface area contributed by atoms with Crippen LogP contribution in [0.4, 0.5) is 0 Å². The Hall–Kier alpha value is -0.160. The maximum Gasteiger partial charge on any atom is 0.170 e. The molecule has 1 N–H and O–H groups in total. The van der Waals surface area contributed by atoms with E-state index in [0.717, 1.165) is 45.7 Å². The summed E-state index contributed by atoms with van der Waals surface area (Å²) in [6.07, 6.45) is 1.93. The number of likely N-dealkylation sites (tertiary alicyclic amines) is 1. The molecule has 88 valence electrons. The molecule has 2 aliphatic rings. The second-order valence-corrected chi connectivity index (χ2v) is 4.70. The Kier molecular flexibility index (Phi) is 3.61. The van der Waals surface area contributed by atoms with Gasteiger partial charge in [-0.3, -0.25) is 0 Å². The van der Waals surface area contributed by atoms with Gasteiger partial charge in [0, 0.05) is 39.1 Å². The number of hydrogen-bond acceptors (Lipinski definition) is 4. The molecule has 1 unspecified atom stereocenters. The molecule has 0 aromatic heterocycles. The van der Waals surface area contributed by atoms with Gasteiger partial charge in [-0.25, -0.2) is 0 Å². The Bertz CT molecular complexity index is 194. The van der Waals surface area contributed by atoms with Crippen LogP contribution in [-0.4, -0.2) is 55.2 Å². The van der Waals surface area contributed by atoms with Crippen molar-refractivity contribution in [1.29, 1.82) is 0 Å². The zero-order valence-electron chi connectivity index (χ0n) is 9.45. The standard InChI is InChI=1S/C11H21NO3/c1-10(9-13)8-12-4-2-11(3-5-12)14-6-7-15-11/h10,13H,2-9H2,1H3. The molecule has 2 saturated heterocycles. The second kappa shape index (κ2) is 4.78. The minimum Gasteiger partial charge on any atom is -0.396 e. The number of aliphatic hydroxyl groups excluding tert-OH is 1. The SMILES string of the molecule is CC(CO)CN1CCC2(CC1)OCCO2. The lowest BCUT2D eigenvalue weighted by atomic mass is 10.0. The molecule has 15 heavy (non-hydrogen) atoms. The van der Waals surface area contributed by atoms with Crippen molar-refractivity contribution in [2.24, 2.45) is 5.92 Å². The Labute approximate surface area is 91.2 Å². The second-order valence-electron chi connectivity index (χ2n) is 4.70. The van der Waals surface area contributed by atoms with E-state index < -0.39 is 0 Å². The molecule has 0 aromatic carbocycles. The molecule has 4 nitrogen and oxygen atoms in total. The zero-order valence-corrected chi connectivity index (χ0v) is 9.45. The summed E-state index contributed by atoms with van der Waals surface area (Å²) in [4.78, 5) is 2.39. The Morgan fingerprint density at radius 3 is 2.40 bits per heavy atom. The number of aliphatic hydroxyl groups is 1. The molecule has 1 spiro atoms. The summed E-state index contributed by atoms with van der Waals surface area (Å²) >= 11 is 0. The van der Waals surface area contributed by atoms with Crippen molar-refractivity contribution in [1.82, 2.24) is 4.90 Å². The van der Waals surface area contributed by atoms with E-state index in [-0.39, 0.29) is 12.4 Å². The molecule has 4 heteroatoms. The van der Waals surface area contributed by atoms with Crippen LogP contribution in [0.1, 0.15) is 19.8 Å². The van der Waals surface area contributed by atoms with Crippen LogP contribution in [0.3, 0.4) is 0 Å². The number of piperidine rings is 1. The average Bonchev–Trinajstić information content (AvgIpc) is 2.70. The minimum atomic E-state index is -0.265. The van der Waals surface area contributed by atoms with Gasteiger partial charge < -0.3 is 19.5 Å². The monoisotopic (exact) mass is 215 g/mol. The molecule has 2 fully saturated rings. The molecule has 0 aromatic rings. The van der Waals surface area contributed by atoms with Crippen molar-refractivity contribution in [3.63, 3.8) is 0 Å². The molecule has 0 saturated carbocycles. The minimum absolute atomic E-state index is 0.265. The molecular formula is C11H21NO3. The molecule has 0 bridgehead atoms. The van der Waals surface area contributed by atoms with Crippen LogP contribution >= 0.6 is 0 Å². The third-order valence-corrected chi connectivity index (χ3v) is 3.31. The number of rotatable bonds is 3. The van der Waals surface area contributed by atoms with Gasteiger partial charge in [-0.15, -0.1) is 0 Å². The number of ether oxygens (including phenoxy) is 2. The fourth-order valence-corrected chi connectivity index (χ4v) is 2.36. The normalized spacial score (nSPS) is 28.4. The molecule has 0 radical (unpaired) electrons. The quantitative estimate of drug-likeness (QED) is 0.742. The highest BCUT2D eigenvalue weighted by molar-refractivity contribution is 4.83. The van der Waals surface area contributed by atoms with E-state index in [1.54, 1.807) is 0 Å². The highest BCUT2D eigenvalue weighted by Gasteiger charge is 2.39. The van der Waals surface area contributed by atoms with Gasteiger partial charge in [0.05, 0.1) is 13.2 Å². The third kappa shape index (κ3) is 2.69. The first-order valence-electron chi connectivity index (χ1n) is 5.85. The van der Waals surface area contributed by atoms with Crippen molar-refractivity contribution < 1.29 is 14.6 Å². The lowest BCUT2D eigenvalue weighted by Gasteiger charge is -2.38. The van der Waals surface area contributed by atoms with Gasteiger partial charge >= 0.3 is 0 Å². The van der Waals surface area contributed by atoms with E-state index in [2.05, 4.69) is 11.8 Å². The van der Waals surface area contributed by atoms with Gasteiger partial charge in [0.15, 0.2) is 5.79 Å². The van der Waals surface area contributed by atoms with E-state index in [0.29, 0.717) is 5.92 Å². The Morgan fingerprint density at radius 1 is 1.27 bits per heavy atom. The number of nitrogens with zero attached hydrogens (tertiary/aromatic N) is 1. The fourth-order valence-electron chi connectivity index (χ4n) is 2.36. The fraction of sp³-hybridized carbons (Fsp3) is 1.00. The summed E-state index contributed by atoms with van der Waals surface area (Å²) in [5, 5.41) is 8.99. The third-order valence-electron chi connectivity index (χ3n) is 3.31. The summed E-state index contributed by atoms with van der Waals surface area (Å²) in [6.45, 7) is 6.85. The van der Waals surface area contributed by atoms with Crippen LogP contribution in [0, 0.1) is 5.92 Å². The van der Waals surface area contributed by atoms with E-state index in [1.807, 2.05) is 0 Å². The van der Waals surface area contributed by atoms with Crippen molar-refractivity contribution in [3.8, 4) is 0 Å². The summed E-state index contributed by atoms with van der Waals surface area (Å²) in [6, 6.07) is 0. The molecule has 1 atom stereocenters. The maximum atomic E-state index is 8.99. The van der Waals surface area contributed by atoms with Crippen molar-refractivity contribution in [2.45, 2.75) is 25.6 Å². The lowest BCUT2D eigenvalue weighted by Crippen LogP contribution is -2.46. The van der Waals surface area contributed by atoms with Crippen LogP contribution in [0.25, 0.3) is 0 Å². The van der Waals surface area contributed by atoms with Crippen LogP contribution < -0.4 is 0 Å². The van der Waals surface area contributed by atoms with E-state index in [1.165, 1.54) is 0 Å². The maximum absolute atomic E-state index is 8.99. The van der Waals surface area contributed by atoms with Gasteiger partial charge in [-0.05, 0) is 5.92 Å². The number of hydrogen-bond donors (Lipinski definition) is 1. The summed E-state index contributed by atoms with van der Waals surface area (Å²) in [5.74, 6) is 0.100. The van der Waals surface area contributed by atoms with Crippen LogP contribution in [0.15, 0.2) is 0 Å². The Morgan fingerprint density at radius 2 is 1.87 bits per heavy atom. The largest absolute Gasteiger partial charge is 0.396 e. The first-order chi connectivity index (χ1) is 7.24. The van der Waals surface area contributed by atoms with Crippen molar-refractivity contribution in [3.05, 3.63) is 0 Å². The first kappa shape index (κ1) is 11.3. The van der Waals surface area contributed by atoms with Gasteiger partial charge in [0.2, 0.25) is 0 Å². The van der Waals surface area contributed by atoms with Crippen LogP contribution in [0.2, 0.25) is 0 Å². The van der Waals surface area contributed by atoms with Gasteiger partial charge in [0.25, 0.3) is 0 Å². The molecule has 2 aliphatic heterocycles. The molecule has 0 aliphatic carbocycles. The van der Waals surface area contributed by atoms with E-state index >= 15 is 0 Å². The van der Waals surface area contributed by atoms with Gasteiger partial charge in [0.1, 0.15) is 0 Å². The van der Waals surface area contributed by atoms with E-state index in [9.17, 15) is 0 Å². The van der Waals surface area contributed by atoms with Crippen molar-refractivity contribution >= 4 is 0 Å². The molecule has 0 amide bonds. The summed E-state index contributed by atoms with van der Waals surface area (Å²) in [5.41, 5.74) is 0. The zero-order chi connectivity index (χ0) is 10.7. The topological polar surface area (TPSA) is 41.9 Å². The van der Waals surface area contributed by atoms with Crippen molar-refractivity contribution in [2.75, 3.05) is 39.5 Å². The highest BCUT2D eigenvalue weighted by Crippen LogP contribution is 2.31. The molecular weight excluding hydrogens is 194 g/mol. The van der Waals surface area contributed by atoms with E-state index in [4.69, 9.17) is 14.6 Å². The van der Waals surface area contributed by atoms with Gasteiger partial charge in [-0.1, -0.05) is 6.92 Å². The lowest BCUT2D eigenvalue weighted by molar-refractivity contribution is -0.185. The highest BCUT2D eigenvalue weighted by atomic mass is 16.7. The smallest absolute Gasteiger partial charge is 0.170 e. The molecule has 2 rings (SSSR count).